The number of hydrogen-bond acceptors (Lipinski definition) is 4. The lowest BCUT2D eigenvalue weighted by molar-refractivity contribution is -0.126. The van der Waals surface area contributed by atoms with Gasteiger partial charge in [-0.1, -0.05) is 12.2 Å². The van der Waals surface area contributed by atoms with Crippen molar-refractivity contribution in [3.05, 3.63) is 46.8 Å². The van der Waals surface area contributed by atoms with Crippen molar-refractivity contribution in [1.82, 2.24) is 15.2 Å². The second kappa shape index (κ2) is 10.1. The fourth-order valence-corrected chi connectivity index (χ4v) is 4.02. The van der Waals surface area contributed by atoms with Gasteiger partial charge in [0.15, 0.2) is 0 Å². The molecule has 30 heavy (non-hydrogen) atoms. The van der Waals surface area contributed by atoms with Crippen LogP contribution in [-0.2, 0) is 4.79 Å². The highest BCUT2D eigenvalue weighted by atomic mass is 16.2. The molecule has 1 aromatic rings. The van der Waals surface area contributed by atoms with E-state index in [9.17, 15) is 4.79 Å². The summed E-state index contributed by atoms with van der Waals surface area (Å²) >= 11 is 0. The van der Waals surface area contributed by atoms with Gasteiger partial charge in [-0.25, -0.2) is 0 Å². The van der Waals surface area contributed by atoms with Gasteiger partial charge in [0, 0.05) is 30.9 Å². The zero-order valence-electron chi connectivity index (χ0n) is 18.0. The van der Waals surface area contributed by atoms with Crippen LogP contribution in [0.1, 0.15) is 44.0 Å². The third kappa shape index (κ3) is 5.47. The molecule has 2 aliphatic rings. The number of allylic oxidation sites excluding steroid dienone is 3. The summed E-state index contributed by atoms with van der Waals surface area (Å²) in [6.07, 6.45) is 9.74. The molecule has 2 heterocycles. The molecular weight excluding hydrogens is 376 g/mol. The molecule has 2 N–H and O–H groups in total. The number of aromatic nitrogens is 1. The van der Waals surface area contributed by atoms with Crippen molar-refractivity contribution >= 4 is 17.6 Å². The van der Waals surface area contributed by atoms with Gasteiger partial charge < -0.3 is 15.5 Å². The lowest BCUT2D eigenvalue weighted by atomic mass is 10.0. The second-order valence-corrected chi connectivity index (χ2v) is 8.01. The summed E-state index contributed by atoms with van der Waals surface area (Å²) in [6.45, 7) is 8.27. The summed E-state index contributed by atoms with van der Waals surface area (Å²) in [4.78, 5) is 22.9. The fourth-order valence-electron chi connectivity index (χ4n) is 4.02. The SMILES string of the molecule is CC1=C(C(=O)N2CCC(CCCN/C(=N/C#N)Nc3ccc(C)nc3C)C2)CC=C1. The summed E-state index contributed by atoms with van der Waals surface area (Å²) in [5, 5.41) is 15.3. The van der Waals surface area contributed by atoms with E-state index in [2.05, 4.69) is 26.7 Å². The molecule has 1 atom stereocenters. The van der Waals surface area contributed by atoms with Gasteiger partial charge in [0.05, 0.1) is 11.4 Å². The minimum Gasteiger partial charge on any atom is -0.355 e. The molecule has 1 amide bonds. The average molecular weight is 407 g/mol. The monoisotopic (exact) mass is 406 g/mol. The minimum atomic E-state index is 0.202. The first-order chi connectivity index (χ1) is 14.5. The first-order valence-corrected chi connectivity index (χ1v) is 10.6. The van der Waals surface area contributed by atoms with Crippen molar-refractivity contribution in [3.8, 4) is 6.19 Å². The largest absolute Gasteiger partial charge is 0.355 e. The number of pyridine rings is 1. The Bertz CT molecular complexity index is 924. The van der Waals surface area contributed by atoms with Crippen molar-refractivity contribution in [1.29, 1.82) is 5.26 Å². The predicted octanol–water partition coefficient (Wildman–Crippen LogP) is 3.44. The molecule has 1 saturated heterocycles. The van der Waals surface area contributed by atoms with Crippen LogP contribution in [-0.4, -0.2) is 41.4 Å². The Kier molecular flexibility index (Phi) is 7.23. The van der Waals surface area contributed by atoms with E-state index in [-0.39, 0.29) is 5.91 Å². The van der Waals surface area contributed by atoms with Crippen LogP contribution in [0.25, 0.3) is 0 Å². The van der Waals surface area contributed by atoms with Crippen LogP contribution in [0.5, 0.6) is 0 Å². The van der Waals surface area contributed by atoms with E-state index in [1.807, 2.05) is 50.1 Å². The van der Waals surface area contributed by atoms with Crippen LogP contribution in [0.15, 0.2) is 40.4 Å². The average Bonchev–Trinajstić information content (AvgIpc) is 3.36. The number of anilines is 1. The molecule has 3 rings (SSSR count). The molecule has 1 fully saturated rings. The number of amides is 1. The number of guanidine groups is 1. The maximum atomic E-state index is 12.7. The van der Waals surface area contributed by atoms with Crippen LogP contribution in [0.3, 0.4) is 0 Å². The van der Waals surface area contributed by atoms with Gasteiger partial charge in [0.1, 0.15) is 0 Å². The molecule has 0 aromatic carbocycles. The first-order valence-electron chi connectivity index (χ1n) is 10.6. The Hall–Kier alpha value is -3.14. The van der Waals surface area contributed by atoms with Gasteiger partial charge in [-0.2, -0.15) is 5.26 Å². The molecule has 0 bridgehead atoms. The Morgan fingerprint density at radius 2 is 2.20 bits per heavy atom. The summed E-state index contributed by atoms with van der Waals surface area (Å²) in [5.74, 6) is 1.16. The van der Waals surface area contributed by atoms with E-state index in [1.54, 1.807) is 0 Å². The van der Waals surface area contributed by atoms with Crippen molar-refractivity contribution < 1.29 is 4.79 Å². The van der Waals surface area contributed by atoms with Gasteiger partial charge in [-0.15, -0.1) is 4.99 Å². The predicted molar refractivity (Wildman–Crippen MR) is 119 cm³/mol. The molecule has 7 heteroatoms. The summed E-state index contributed by atoms with van der Waals surface area (Å²) in [6, 6.07) is 3.86. The third-order valence-corrected chi connectivity index (χ3v) is 5.72. The number of rotatable bonds is 6. The lowest BCUT2D eigenvalue weighted by Gasteiger charge is -2.18. The van der Waals surface area contributed by atoms with E-state index in [0.717, 1.165) is 67.0 Å². The number of nitrogens with one attached hydrogen (secondary N) is 2. The molecule has 0 saturated carbocycles. The number of aliphatic imine (C=N–C) groups is 1. The standard InChI is InChI=1S/C23H30N6O/c1-16-6-4-8-20(16)22(30)29-13-11-19(14-29)7-5-12-25-23(26-15-24)28-21-10-9-17(2)27-18(21)3/h4,6,9-10,19H,5,7-8,11-14H2,1-3H3,(H2,25,26,28). The Morgan fingerprint density at radius 3 is 2.90 bits per heavy atom. The van der Waals surface area contributed by atoms with Crippen molar-refractivity contribution in [2.75, 3.05) is 25.0 Å². The third-order valence-electron chi connectivity index (χ3n) is 5.72. The molecule has 158 valence electrons. The normalized spacial score (nSPS) is 18.7. The zero-order valence-corrected chi connectivity index (χ0v) is 18.0. The van der Waals surface area contributed by atoms with Crippen LogP contribution in [0, 0.1) is 31.2 Å². The van der Waals surface area contributed by atoms with Crippen molar-refractivity contribution in [2.24, 2.45) is 10.9 Å². The maximum absolute atomic E-state index is 12.7. The van der Waals surface area contributed by atoms with Crippen LogP contribution in [0.2, 0.25) is 0 Å². The summed E-state index contributed by atoms with van der Waals surface area (Å²) < 4.78 is 0. The molecule has 7 nitrogen and oxygen atoms in total. The van der Waals surface area contributed by atoms with Crippen LogP contribution >= 0.6 is 0 Å². The number of nitriles is 1. The van der Waals surface area contributed by atoms with Gasteiger partial charge in [-0.05, 0) is 70.1 Å². The number of likely N-dealkylation sites (tertiary alicyclic amines) is 1. The molecule has 0 radical (unpaired) electrons. The number of carbonyl (C=O) groups excluding carboxylic acids is 1. The molecule has 1 unspecified atom stereocenters. The van der Waals surface area contributed by atoms with Crippen molar-refractivity contribution in [2.45, 2.75) is 46.5 Å². The number of nitrogens with zero attached hydrogens (tertiary/aromatic N) is 4. The van der Waals surface area contributed by atoms with Gasteiger partial charge in [0.2, 0.25) is 18.1 Å². The van der Waals surface area contributed by atoms with Crippen LogP contribution < -0.4 is 10.6 Å². The van der Waals surface area contributed by atoms with Gasteiger partial charge in [0.25, 0.3) is 0 Å². The topological polar surface area (TPSA) is 93.4 Å². The van der Waals surface area contributed by atoms with Crippen LogP contribution in [0.4, 0.5) is 5.69 Å². The molecule has 0 spiro atoms. The fraction of sp³-hybridized carbons (Fsp3) is 0.478. The second-order valence-electron chi connectivity index (χ2n) is 8.01. The number of hydrogen-bond donors (Lipinski definition) is 2. The minimum absolute atomic E-state index is 0.202. The van der Waals surface area contributed by atoms with Gasteiger partial charge >= 0.3 is 0 Å². The van der Waals surface area contributed by atoms with E-state index < -0.39 is 0 Å². The first kappa shape index (κ1) is 21.6. The zero-order chi connectivity index (χ0) is 21.5. The van der Waals surface area contributed by atoms with Crippen molar-refractivity contribution in [3.63, 3.8) is 0 Å². The molecule has 1 aromatic heterocycles. The Balaban J connectivity index is 1.42. The lowest BCUT2D eigenvalue weighted by Crippen LogP contribution is -2.32. The highest BCUT2D eigenvalue weighted by Crippen LogP contribution is 2.26. The summed E-state index contributed by atoms with van der Waals surface area (Å²) in [5.41, 5.74) is 4.69. The van der Waals surface area contributed by atoms with Gasteiger partial charge in [-0.3, -0.25) is 9.78 Å². The highest BCUT2D eigenvalue weighted by Gasteiger charge is 2.28. The highest BCUT2D eigenvalue weighted by molar-refractivity contribution is 5.96. The van der Waals surface area contributed by atoms with E-state index in [1.165, 1.54) is 0 Å². The quantitative estimate of drug-likeness (QED) is 0.327. The number of carbonyl (C=O) groups is 1. The maximum Gasteiger partial charge on any atom is 0.250 e. The molecule has 1 aliphatic heterocycles. The summed E-state index contributed by atoms with van der Waals surface area (Å²) in [7, 11) is 0. The van der Waals surface area contributed by atoms with E-state index in [0.29, 0.717) is 18.4 Å². The Labute approximate surface area is 178 Å². The Morgan fingerprint density at radius 1 is 1.37 bits per heavy atom. The van der Waals surface area contributed by atoms with E-state index in [4.69, 9.17) is 5.26 Å². The molecular formula is C23H30N6O. The smallest absolute Gasteiger partial charge is 0.250 e. The number of aryl methyl sites for hydroxylation is 2. The van der Waals surface area contributed by atoms with E-state index >= 15 is 0 Å². The molecule has 1 aliphatic carbocycles.